The summed E-state index contributed by atoms with van der Waals surface area (Å²) in [6.45, 7) is 5.25. The second kappa shape index (κ2) is 9.49. The number of rotatable bonds is 0. The summed E-state index contributed by atoms with van der Waals surface area (Å²) in [5.41, 5.74) is 0. The predicted octanol–water partition coefficient (Wildman–Crippen LogP) is 0.00840. The number of hydrogen-bond acceptors (Lipinski definition) is 0. The second-order valence-electron chi connectivity index (χ2n) is 0.408. The Balaban J connectivity index is 0. The van der Waals surface area contributed by atoms with Crippen LogP contribution in [0.5, 0.6) is 0 Å². The fraction of sp³-hybridized carbons (Fsp3) is 0.333. The van der Waals surface area contributed by atoms with Gasteiger partial charge in [0, 0.05) is 0 Å². The van der Waals surface area contributed by atoms with Crippen LogP contribution in [0.3, 0.4) is 0 Å². The fourth-order valence-electron chi connectivity index (χ4n) is 0. The van der Waals surface area contributed by atoms with Crippen molar-refractivity contribution in [2.24, 2.45) is 0 Å². The molecular weight excluding hydrogens is 151 g/mol. The van der Waals surface area contributed by atoms with Gasteiger partial charge in [0.05, 0.1) is 0 Å². The third-order valence-electron chi connectivity index (χ3n) is 0. The molecule has 0 radical (unpaired) electrons. The molecule has 0 unspecified atom stereocenters. The summed E-state index contributed by atoms with van der Waals surface area (Å²) >= 11 is 0. The van der Waals surface area contributed by atoms with Gasteiger partial charge in [0.25, 0.3) is 0 Å². The first-order valence-corrected chi connectivity index (χ1v) is 0.986. The van der Waals surface area contributed by atoms with E-state index in [4.69, 9.17) is 0 Å². The van der Waals surface area contributed by atoms with Crippen molar-refractivity contribution >= 4 is 25.8 Å². The van der Waals surface area contributed by atoms with Gasteiger partial charge in [-0.3, -0.25) is 0 Å². The quantitative estimate of drug-likeness (QED) is 0.437. The number of allylic oxidation sites excluding steroid dienone is 1. The van der Waals surface area contributed by atoms with Crippen molar-refractivity contribution in [3.8, 4) is 0 Å². The Morgan fingerprint density at radius 2 is 1.75 bits per heavy atom. The van der Waals surface area contributed by atoms with Crippen LogP contribution in [0.2, 0.25) is 0 Å². The van der Waals surface area contributed by atoms with Crippen LogP contribution in [-0.4, -0.2) is 25.8 Å². The average Bonchev–Trinajstić information content (AvgIpc) is 0.918. The topological polar surface area (TPSA) is 0 Å². The Morgan fingerprint density at radius 3 is 1.75 bits per heavy atom. The third-order valence-corrected chi connectivity index (χ3v) is 0. The Hall–Kier alpha value is 0.610. The van der Waals surface area contributed by atoms with Gasteiger partial charge in [-0.25, -0.2) is 0 Å². The summed E-state index contributed by atoms with van der Waals surface area (Å²) in [6.07, 6.45) is 1.75. The molecule has 0 aromatic heterocycles. The van der Waals surface area contributed by atoms with Crippen molar-refractivity contribution in [2.75, 3.05) is 0 Å². The second-order valence-corrected chi connectivity index (χ2v) is 0.408. The molecule has 0 heterocycles. The molecule has 0 amide bonds. The third kappa shape index (κ3) is 18.2. The Labute approximate surface area is 45.7 Å². The van der Waals surface area contributed by atoms with Crippen LogP contribution < -0.4 is 0 Å². The van der Waals surface area contributed by atoms with Crippen LogP contribution in [-0.2, 0) is 0 Å². The van der Waals surface area contributed by atoms with Gasteiger partial charge < -0.3 is 0 Å². The molecule has 0 bridgehead atoms. The van der Waals surface area contributed by atoms with Crippen molar-refractivity contribution < 1.29 is 0 Å². The van der Waals surface area contributed by atoms with Gasteiger partial charge in [0.1, 0.15) is 0 Å². The molecule has 0 aliphatic heterocycles. The van der Waals surface area contributed by atoms with E-state index in [0.717, 1.165) is 0 Å². The molecule has 0 rings (SSSR count). The zero-order chi connectivity index (χ0) is 2.71. The molecule has 0 atom stereocenters. The van der Waals surface area contributed by atoms with Crippen LogP contribution in [0.4, 0.5) is 0 Å². The SMILES string of the molecule is C=CC.[InH3]. The normalized spacial score (nSPS) is 3.25. The van der Waals surface area contributed by atoms with E-state index < -0.39 is 0 Å². The molecule has 1 heteroatoms. The molecule has 0 spiro atoms. The van der Waals surface area contributed by atoms with Gasteiger partial charge >= 0.3 is 25.8 Å². The fourth-order valence-corrected chi connectivity index (χ4v) is 0. The summed E-state index contributed by atoms with van der Waals surface area (Å²) in [6, 6.07) is 0. The van der Waals surface area contributed by atoms with E-state index in [9.17, 15) is 0 Å². The van der Waals surface area contributed by atoms with Gasteiger partial charge in [-0.05, 0) is 6.92 Å². The monoisotopic (exact) mass is 160 g/mol. The first-order chi connectivity index (χ1) is 1.41. The minimum absolute atomic E-state index is 0. The summed E-state index contributed by atoms with van der Waals surface area (Å²) in [5.74, 6) is 0. The van der Waals surface area contributed by atoms with E-state index in [2.05, 4.69) is 6.58 Å². The molecular formula is C3H9In. The van der Waals surface area contributed by atoms with Crippen LogP contribution >= 0.6 is 0 Å². The zero-order valence-electron chi connectivity index (χ0n) is 2.28. The van der Waals surface area contributed by atoms with Crippen molar-refractivity contribution in [3.05, 3.63) is 12.7 Å². The molecule has 0 N–H and O–H groups in total. The van der Waals surface area contributed by atoms with Crippen LogP contribution in [0.25, 0.3) is 0 Å². The van der Waals surface area contributed by atoms with E-state index in [1.54, 1.807) is 6.08 Å². The predicted molar refractivity (Wildman–Crippen MR) is 25.8 cm³/mol. The molecule has 24 valence electrons. The average molecular weight is 160 g/mol. The Kier molecular flexibility index (Phi) is 20.9. The van der Waals surface area contributed by atoms with E-state index in [-0.39, 0.29) is 25.8 Å². The van der Waals surface area contributed by atoms with Gasteiger partial charge in [-0.15, -0.1) is 6.58 Å². The van der Waals surface area contributed by atoms with Crippen LogP contribution in [0, 0.1) is 0 Å². The standard InChI is InChI=1S/C3H6.In.3H/c1-3-2;;;;/h3H,1H2,2H3;;;;. The maximum absolute atomic E-state index is 3.36. The molecule has 0 aliphatic rings. The van der Waals surface area contributed by atoms with E-state index in [1.165, 1.54) is 0 Å². The van der Waals surface area contributed by atoms with Gasteiger partial charge in [-0.2, -0.15) is 0 Å². The van der Waals surface area contributed by atoms with Gasteiger partial charge in [0.15, 0.2) is 0 Å². The first-order valence-electron chi connectivity index (χ1n) is 0.986. The summed E-state index contributed by atoms with van der Waals surface area (Å²) in [5, 5.41) is 0. The summed E-state index contributed by atoms with van der Waals surface area (Å²) < 4.78 is 0. The molecule has 0 aromatic carbocycles. The van der Waals surface area contributed by atoms with Crippen LogP contribution in [0.1, 0.15) is 6.92 Å². The molecule has 0 nitrogen and oxygen atoms in total. The molecule has 0 aromatic rings. The molecule has 0 aliphatic carbocycles. The zero-order valence-corrected chi connectivity index (χ0v) is 2.28. The molecule has 4 heavy (non-hydrogen) atoms. The molecule has 0 saturated carbocycles. The molecule has 0 saturated heterocycles. The maximum atomic E-state index is 3.36. The first kappa shape index (κ1) is 8.82. The van der Waals surface area contributed by atoms with Gasteiger partial charge in [-0.1, -0.05) is 6.08 Å². The number of hydrogen-bond donors (Lipinski definition) is 0. The van der Waals surface area contributed by atoms with Crippen molar-refractivity contribution in [1.82, 2.24) is 0 Å². The van der Waals surface area contributed by atoms with Gasteiger partial charge in [0.2, 0.25) is 0 Å². The van der Waals surface area contributed by atoms with Crippen molar-refractivity contribution in [2.45, 2.75) is 6.92 Å². The Bertz CT molecular complexity index is 10.8. The van der Waals surface area contributed by atoms with Crippen molar-refractivity contribution in [1.29, 1.82) is 0 Å². The summed E-state index contributed by atoms with van der Waals surface area (Å²) in [4.78, 5) is 0. The summed E-state index contributed by atoms with van der Waals surface area (Å²) in [7, 11) is 0. The van der Waals surface area contributed by atoms with Crippen LogP contribution in [0.15, 0.2) is 12.7 Å². The van der Waals surface area contributed by atoms with E-state index in [1.807, 2.05) is 6.92 Å². The van der Waals surface area contributed by atoms with E-state index >= 15 is 0 Å². The van der Waals surface area contributed by atoms with E-state index in [0.29, 0.717) is 0 Å². The molecule has 0 fully saturated rings. The Morgan fingerprint density at radius 1 is 1.75 bits per heavy atom. The van der Waals surface area contributed by atoms with Crippen molar-refractivity contribution in [3.63, 3.8) is 0 Å². The minimum atomic E-state index is 0.